The summed E-state index contributed by atoms with van der Waals surface area (Å²) in [6, 6.07) is 7.52. The molecular weight excluding hydrogens is 244 g/mol. The van der Waals surface area contributed by atoms with Crippen LogP contribution in [-0.2, 0) is 9.84 Å². The lowest BCUT2D eigenvalue weighted by molar-refractivity contribution is 0.199. The smallest absolute Gasteiger partial charge is 0.148 e. The second-order valence-electron chi connectivity index (χ2n) is 3.73. The molecule has 0 radical (unpaired) electrons. The fourth-order valence-electron chi connectivity index (χ4n) is 1.18. The number of thioether (sulfide) groups is 1. The molecule has 0 saturated carbocycles. The van der Waals surface area contributed by atoms with Gasteiger partial charge in [-0.3, -0.25) is 0 Å². The Balaban J connectivity index is 2.58. The Kier molecular flexibility index (Phi) is 4.83. The van der Waals surface area contributed by atoms with E-state index in [1.165, 1.54) is 18.0 Å². The van der Waals surface area contributed by atoms with Gasteiger partial charge in [0.2, 0.25) is 0 Å². The van der Waals surface area contributed by atoms with Gasteiger partial charge in [0.05, 0.1) is 11.9 Å². The minimum Gasteiger partial charge on any atom is -0.389 e. The van der Waals surface area contributed by atoms with E-state index in [-0.39, 0.29) is 5.75 Å². The van der Waals surface area contributed by atoms with Gasteiger partial charge in [-0.2, -0.15) is 0 Å². The van der Waals surface area contributed by atoms with E-state index in [0.717, 1.165) is 10.5 Å². The molecule has 0 heterocycles. The van der Waals surface area contributed by atoms with Crippen LogP contribution in [0.5, 0.6) is 0 Å². The Morgan fingerprint density at radius 2 is 2.12 bits per heavy atom. The molecule has 0 spiro atoms. The first-order valence-corrected chi connectivity index (χ1v) is 8.01. The van der Waals surface area contributed by atoms with Crippen LogP contribution in [-0.4, -0.2) is 31.3 Å². The summed E-state index contributed by atoms with van der Waals surface area (Å²) >= 11 is 1.49. The van der Waals surface area contributed by atoms with E-state index in [1.54, 1.807) is 6.92 Å². The van der Waals surface area contributed by atoms with Gasteiger partial charge in [-0.05, 0) is 24.6 Å². The highest BCUT2D eigenvalue weighted by Gasteiger charge is 2.04. The zero-order valence-electron chi connectivity index (χ0n) is 9.38. The van der Waals surface area contributed by atoms with E-state index in [9.17, 15) is 13.5 Å². The topological polar surface area (TPSA) is 54.4 Å². The van der Waals surface area contributed by atoms with Crippen LogP contribution in [0, 0.1) is 0 Å². The maximum absolute atomic E-state index is 10.9. The maximum Gasteiger partial charge on any atom is 0.148 e. The van der Waals surface area contributed by atoms with E-state index in [2.05, 4.69) is 0 Å². The third-order valence-electron chi connectivity index (χ3n) is 2.06. The van der Waals surface area contributed by atoms with Crippen LogP contribution in [0.1, 0.15) is 18.6 Å². The largest absolute Gasteiger partial charge is 0.389 e. The van der Waals surface area contributed by atoms with Crippen LogP contribution in [0.15, 0.2) is 29.2 Å². The molecule has 1 atom stereocenters. The van der Waals surface area contributed by atoms with E-state index in [0.29, 0.717) is 5.75 Å². The highest BCUT2D eigenvalue weighted by molar-refractivity contribution is 8.00. The van der Waals surface area contributed by atoms with Crippen LogP contribution in [0.2, 0.25) is 0 Å². The molecule has 1 rings (SSSR count). The van der Waals surface area contributed by atoms with E-state index >= 15 is 0 Å². The summed E-state index contributed by atoms with van der Waals surface area (Å²) in [6.45, 7) is 1.71. The summed E-state index contributed by atoms with van der Waals surface area (Å²) in [5, 5.41) is 9.40. The van der Waals surface area contributed by atoms with Gasteiger partial charge < -0.3 is 5.11 Å². The number of aliphatic hydroxyl groups excluding tert-OH is 1. The molecule has 0 amide bonds. The number of aliphatic hydroxyl groups is 1. The van der Waals surface area contributed by atoms with Gasteiger partial charge in [0.25, 0.3) is 0 Å². The van der Waals surface area contributed by atoms with Crippen LogP contribution in [0.25, 0.3) is 0 Å². The molecule has 16 heavy (non-hydrogen) atoms. The molecular formula is C11H16O3S2. The quantitative estimate of drug-likeness (QED) is 0.821. The van der Waals surface area contributed by atoms with Crippen molar-refractivity contribution in [2.75, 3.05) is 17.8 Å². The summed E-state index contributed by atoms with van der Waals surface area (Å²) in [4.78, 5) is 0.988. The number of hydrogen-bond acceptors (Lipinski definition) is 4. The lowest BCUT2D eigenvalue weighted by atomic mass is 10.1. The average molecular weight is 260 g/mol. The Morgan fingerprint density at radius 1 is 1.44 bits per heavy atom. The number of hydrogen-bond donors (Lipinski definition) is 1. The van der Waals surface area contributed by atoms with Gasteiger partial charge in [0.1, 0.15) is 9.84 Å². The van der Waals surface area contributed by atoms with Crippen molar-refractivity contribution in [1.82, 2.24) is 0 Å². The molecule has 0 bridgehead atoms. The Bertz CT molecular complexity index is 438. The van der Waals surface area contributed by atoms with E-state index < -0.39 is 15.9 Å². The first-order chi connectivity index (χ1) is 7.38. The minimum absolute atomic E-state index is 0.177. The second-order valence-corrected chi connectivity index (χ2v) is 7.15. The van der Waals surface area contributed by atoms with Crippen LogP contribution < -0.4 is 0 Å². The van der Waals surface area contributed by atoms with Crippen molar-refractivity contribution < 1.29 is 13.5 Å². The number of sulfone groups is 1. The van der Waals surface area contributed by atoms with Crippen molar-refractivity contribution >= 4 is 21.6 Å². The monoisotopic (exact) mass is 260 g/mol. The molecule has 0 aliphatic heterocycles. The zero-order valence-corrected chi connectivity index (χ0v) is 11.0. The second kappa shape index (κ2) is 5.70. The summed E-state index contributed by atoms with van der Waals surface area (Å²) in [6.07, 6.45) is 0.746. The Morgan fingerprint density at radius 3 is 2.69 bits per heavy atom. The standard InChI is InChI=1S/C11H16O3S2/c1-9(12)10-4-3-5-11(8-10)15-6-7-16(2,13)14/h3-5,8-9,12H,6-7H2,1-2H3. The first kappa shape index (κ1) is 13.5. The molecule has 0 aliphatic rings. The Labute approximate surface area is 101 Å². The van der Waals surface area contributed by atoms with Crippen LogP contribution in [0.4, 0.5) is 0 Å². The predicted molar refractivity (Wildman–Crippen MR) is 67.5 cm³/mol. The van der Waals surface area contributed by atoms with Crippen molar-refractivity contribution in [3.05, 3.63) is 29.8 Å². The molecule has 1 aromatic rings. The molecule has 5 heteroatoms. The lowest BCUT2D eigenvalue weighted by Crippen LogP contribution is -2.04. The summed E-state index contributed by atoms with van der Waals surface area (Å²) in [5.41, 5.74) is 0.851. The Hall–Kier alpha value is -0.520. The van der Waals surface area contributed by atoms with E-state index in [1.807, 2.05) is 24.3 Å². The van der Waals surface area contributed by atoms with Gasteiger partial charge in [-0.1, -0.05) is 12.1 Å². The summed E-state index contributed by atoms with van der Waals surface area (Å²) in [5.74, 6) is 0.721. The van der Waals surface area contributed by atoms with E-state index in [4.69, 9.17) is 0 Å². The van der Waals surface area contributed by atoms with Gasteiger partial charge in [0, 0.05) is 16.9 Å². The fraction of sp³-hybridized carbons (Fsp3) is 0.455. The minimum atomic E-state index is -2.89. The average Bonchev–Trinajstić information content (AvgIpc) is 2.16. The number of rotatable bonds is 5. The molecule has 1 N–H and O–H groups in total. The molecule has 1 aromatic carbocycles. The molecule has 0 aromatic heterocycles. The van der Waals surface area contributed by atoms with Gasteiger partial charge in [0.15, 0.2) is 0 Å². The third kappa shape index (κ3) is 5.01. The normalized spacial score (nSPS) is 13.7. The van der Waals surface area contributed by atoms with Crippen LogP contribution in [0.3, 0.4) is 0 Å². The van der Waals surface area contributed by atoms with Crippen molar-refractivity contribution in [2.45, 2.75) is 17.9 Å². The molecule has 1 unspecified atom stereocenters. The van der Waals surface area contributed by atoms with Gasteiger partial charge in [-0.15, -0.1) is 11.8 Å². The predicted octanol–water partition coefficient (Wildman–Crippen LogP) is 1.88. The molecule has 0 aliphatic carbocycles. The van der Waals surface area contributed by atoms with Crippen molar-refractivity contribution in [1.29, 1.82) is 0 Å². The fourth-order valence-corrected chi connectivity index (χ4v) is 3.35. The van der Waals surface area contributed by atoms with Crippen molar-refractivity contribution in [3.8, 4) is 0 Å². The van der Waals surface area contributed by atoms with Gasteiger partial charge in [-0.25, -0.2) is 8.42 Å². The third-order valence-corrected chi connectivity index (χ3v) is 4.26. The SMILES string of the molecule is CC(O)c1cccc(SCCS(C)(=O)=O)c1. The maximum atomic E-state index is 10.9. The highest BCUT2D eigenvalue weighted by Crippen LogP contribution is 2.22. The summed E-state index contributed by atoms with van der Waals surface area (Å²) < 4.78 is 21.9. The zero-order chi connectivity index (χ0) is 12.2. The lowest BCUT2D eigenvalue weighted by Gasteiger charge is -2.06. The molecule has 0 saturated heterocycles. The first-order valence-electron chi connectivity index (χ1n) is 4.97. The van der Waals surface area contributed by atoms with Crippen molar-refractivity contribution in [2.24, 2.45) is 0 Å². The van der Waals surface area contributed by atoms with Gasteiger partial charge >= 0.3 is 0 Å². The molecule has 3 nitrogen and oxygen atoms in total. The number of benzene rings is 1. The highest BCUT2D eigenvalue weighted by atomic mass is 32.2. The molecule has 90 valence electrons. The van der Waals surface area contributed by atoms with Crippen molar-refractivity contribution in [3.63, 3.8) is 0 Å². The van der Waals surface area contributed by atoms with Crippen LogP contribution >= 0.6 is 11.8 Å². The summed E-state index contributed by atoms with van der Waals surface area (Å²) in [7, 11) is -2.89. The molecule has 0 fully saturated rings.